The fourth-order valence-corrected chi connectivity index (χ4v) is 2.17. The average Bonchev–Trinajstić information content (AvgIpc) is 3.11. The molecule has 1 N–H and O–H groups in total. The molecule has 0 fully saturated rings. The Morgan fingerprint density at radius 1 is 1.13 bits per heavy atom. The second kappa shape index (κ2) is 7.26. The molecule has 0 aliphatic rings. The van der Waals surface area contributed by atoms with E-state index in [0.717, 1.165) is 12.8 Å². The molecule has 2 aromatic heterocycles. The van der Waals surface area contributed by atoms with Crippen molar-refractivity contribution in [2.45, 2.75) is 19.3 Å². The van der Waals surface area contributed by atoms with Crippen LogP contribution in [0.15, 0.2) is 55.4 Å². The van der Waals surface area contributed by atoms with Crippen LogP contribution in [0.3, 0.4) is 0 Å². The number of hydrogen-bond acceptors (Lipinski definition) is 5. The SMILES string of the molecule is O=C(CCCc1ccccc1)Nc1cc(-n2cncn2)ncn1. The molecule has 3 rings (SSSR count). The number of benzene rings is 1. The number of carbonyl (C=O) groups is 1. The molecule has 2 heterocycles. The molecule has 7 heteroatoms. The molecular weight excluding hydrogens is 292 g/mol. The van der Waals surface area contributed by atoms with Crippen LogP contribution in [-0.2, 0) is 11.2 Å². The normalized spacial score (nSPS) is 10.4. The lowest BCUT2D eigenvalue weighted by atomic mass is 10.1. The van der Waals surface area contributed by atoms with Gasteiger partial charge in [0.05, 0.1) is 0 Å². The van der Waals surface area contributed by atoms with E-state index in [1.807, 2.05) is 18.2 Å². The van der Waals surface area contributed by atoms with Crippen molar-refractivity contribution in [1.29, 1.82) is 0 Å². The van der Waals surface area contributed by atoms with E-state index in [-0.39, 0.29) is 5.91 Å². The van der Waals surface area contributed by atoms with E-state index in [1.165, 1.54) is 29.2 Å². The third kappa shape index (κ3) is 4.19. The molecule has 0 atom stereocenters. The van der Waals surface area contributed by atoms with E-state index in [1.54, 1.807) is 6.07 Å². The van der Waals surface area contributed by atoms with Crippen LogP contribution in [0.2, 0.25) is 0 Å². The summed E-state index contributed by atoms with van der Waals surface area (Å²) in [5.41, 5.74) is 1.23. The molecule has 0 saturated heterocycles. The number of aromatic nitrogens is 5. The molecule has 0 saturated carbocycles. The molecule has 1 aromatic carbocycles. The van der Waals surface area contributed by atoms with Gasteiger partial charge in [0.2, 0.25) is 5.91 Å². The van der Waals surface area contributed by atoms with Gasteiger partial charge < -0.3 is 5.32 Å². The Bertz CT molecular complexity index is 757. The lowest BCUT2D eigenvalue weighted by molar-refractivity contribution is -0.116. The van der Waals surface area contributed by atoms with Gasteiger partial charge in [-0.15, -0.1) is 0 Å². The maximum atomic E-state index is 12.0. The molecular formula is C16H16N6O. The molecule has 0 spiro atoms. The zero-order valence-electron chi connectivity index (χ0n) is 12.5. The molecule has 3 aromatic rings. The van der Waals surface area contributed by atoms with E-state index >= 15 is 0 Å². The topological polar surface area (TPSA) is 85.6 Å². The second-order valence-corrected chi connectivity index (χ2v) is 4.99. The van der Waals surface area contributed by atoms with Crippen molar-refractivity contribution in [3.8, 4) is 5.82 Å². The largest absolute Gasteiger partial charge is 0.311 e. The number of hydrogen-bond donors (Lipinski definition) is 1. The van der Waals surface area contributed by atoms with E-state index in [9.17, 15) is 4.79 Å². The zero-order chi connectivity index (χ0) is 15.9. The summed E-state index contributed by atoms with van der Waals surface area (Å²) in [6.45, 7) is 0. The van der Waals surface area contributed by atoms with E-state index in [4.69, 9.17) is 0 Å². The summed E-state index contributed by atoms with van der Waals surface area (Å²) in [6, 6.07) is 11.8. The van der Waals surface area contributed by atoms with Crippen molar-refractivity contribution in [1.82, 2.24) is 24.7 Å². The first-order valence-electron chi connectivity index (χ1n) is 7.32. The van der Waals surface area contributed by atoms with Crippen molar-refractivity contribution in [3.05, 3.63) is 60.9 Å². The van der Waals surface area contributed by atoms with Crippen LogP contribution >= 0.6 is 0 Å². The highest BCUT2D eigenvalue weighted by molar-refractivity contribution is 5.89. The van der Waals surface area contributed by atoms with Gasteiger partial charge in [-0.05, 0) is 18.4 Å². The molecule has 7 nitrogen and oxygen atoms in total. The highest BCUT2D eigenvalue weighted by atomic mass is 16.1. The quantitative estimate of drug-likeness (QED) is 0.753. The Hall–Kier alpha value is -3.09. The Morgan fingerprint density at radius 2 is 2.00 bits per heavy atom. The highest BCUT2D eigenvalue weighted by Gasteiger charge is 2.06. The Balaban J connectivity index is 1.53. The van der Waals surface area contributed by atoms with Crippen LogP contribution in [0.1, 0.15) is 18.4 Å². The van der Waals surface area contributed by atoms with Crippen LogP contribution in [0.5, 0.6) is 0 Å². The minimum atomic E-state index is -0.0656. The zero-order valence-corrected chi connectivity index (χ0v) is 12.5. The molecule has 0 bridgehead atoms. The predicted molar refractivity (Wildman–Crippen MR) is 85.0 cm³/mol. The van der Waals surface area contributed by atoms with Crippen LogP contribution in [0, 0.1) is 0 Å². The summed E-state index contributed by atoms with van der Waals surface area (Å²) >= 11 is 0. The minimum Gasteiger partial charge on any atom is -0.311 e. The summed E-state index contributed by atoms with van der Waals surface area (Å²) in [5, 5.41) is 6.77. The number of carbonyl (C=O) groups excluding carboxylic acids is 1. The van der Waals surface area contributed by atoms with Gasteiger partial charge in [0, 0.05) is 12.5 Å². The summed E-state index contributed by atoms with van der Waals surface area (Å²) in [5.74, 6) is 0.941. The smallest absolute Gasteiger partial charge is 0.225 e. The molecule has 1 amide bonds. The monoisotopic (exact) mass is 308 g/mol. The van der Waals surface area contributed by atoms with Gasteiger partial charge in [-0.25, -0.2) is 19.6 Å². The lowest BCUT2D eigenvalue weighted by Gasteiger charge is -2.06. The van der Waals surface area contributed by atoms with Crippen molar-refractivity contribution in [3.63, 3.8) is 0 Å². The number of amides is 1. The van der Waals surface area contributed by atoms with Gasteiger partial charge in [0.1, 0.15) is 24.8 Å². The maximum Gasteiger partial charge on any atom is 0.225 e. The second-order valence-electron chi connectivity index (χ2n) is 4.99. The summed E-state index contributed by atoms with van der Waals surface area (Å²) in [4.78, 5) is 24.0. The third-order valence-corrected chi connectivity index (χ3v) is 3.29. The van der Waals surface area contributed by atoms with E-state index < -0.39 is 0 Å². The number of nitrogens with one attached hydrogen (secondary N) is 1. The lowest BCUT2D eigenvalue weighted by Crippen LogP contribution is -2.13. The van der Waals surface area contributed by atoms with Crippen LogP contribution in [0.4, 0.5) is 5.82 Å². The number of anilines is 1. The minimum absolute atomic E-state index is 0.0656. The van der Waals surface area contributed by atoms with Gasteiger partial charge in [-0.2, -0.15) is 5.10 Å². The first-order valence-corrected chi connectivity index (χ1v) is 7.32. The third-order valence-electron chi connectivity index (χ3n) is 3.29. The molecule has 0 aliphatic carbocycles. The first kappa shape index (κ1) is 14.8. The predicted octanol–water partition coefficient (Wildman–Crippen LogP) is 2.02. The van der Waals surface area contributed by atoms with Gasteiger partial charge in [-0.1, -0.05) is 30.3 Å². The highest BCUT2D eigenvalue weighted by Crippen LogP contribution is 2.09. The van der Waals surface area contributed by atoms with Crippen molar-refractivity contribution < 1.29 is 4.79 Å². The Kier molecular flexibility index (Phi) is 4.68. The standard InChI is InChI=1S/C16H16N6O/c23-16(8-4-7-13-5-2-1-3-6-13)21-14-9-15(19-11-18-14)22-12-17-10-20-22/h1-3,5-6,9-12H,4,7-8H2,(H,18,19,21,23). The molecule has 0 unspecified atom stereocenters. The number of aryl methyl sites for hydroxylation is 1. The van der Waals surface area contributed by atoms with Crippen molar-refractivity contribution in [2.75, 3.05) is 5.32 Å². The first-order chi connectivity index (χ1) is 11.3. The fraction of sp³-hybridized carbons (Fsp3) is 0.188. The van der Waals surface area contributed by atoms with Crippen LogP contribution in [-0.4, -0.2) is 30.6 Å². The van der Waals surface area contributed by atoms with Crippen LogP contribution in [0.25, 0.3) is 5.82 Å². The van der Waals surface area contributed by atoms with Gasteiger partial charge >= 0.3 is 0 Å². The van der Waals surface area contributed by atoms with Gasteiger partial charge in [0.25, 0.3) is 0 Å². The van der Waals surface area contributed by atoms with Crippen LogP contribution < -0.4 is 5.32 Å². The Morgan fingerprint density at radius 3 is 2.78 bits per heavy atom. The summed E-state index contributed by atoms with van der Waals surface area (Å²) in [7, 11) is 0. The van der Waals surface area contributed by atoms with E-state index in [2.05, 4.69) is 37.5 Å². The Labute approximate surface area is 133 Å². The fourth-order valence-electron chi connectivity index (χ4n) is 2.17. The summed E-state index contributed by atoms with van der Waals surface area (Å²) < 4.78 is 1.51. The number of nitrogens with zero attached hydrogens (tertiary/aromatic N) is 5. The van der Waals surface area contributed by atoms with Crippen molar-refractivity contribution >= 4 is 11.7 Å². The molecule has 23 heavy (non-hydrogen) atoms. The van der Waals surface area contributed by atoms with Crippen molar-refractivity contribution in [2.24, 2.45) is 0 Å². The summed E-state index contributed by atoms with van der Waals surface area (Å²) in [6.07, 6.45) is 6.45. The van der Waals surface area contributed by atoms with E-state index in [0.29, 0.717) is 18.1 Å². The van der Waals surface area contributed by atoms with Gasteiger partial charge in [0.15, 0.2) is 5.82 Å². The maximum absolute atomic E-state index is 12.0. The average molecular weight is 308 g/mol. The molecule has 116 valence electrons. The molecule has 0 aliphatic heterocycles. The molecule has 0 radical (unpaired) electrons. The van der Waals surface area contributed by atoms with Gasteiger partial charge in [-0.3, -0.25) is 4.79 Å². The number of rotatable bonds is 6.